The highest BCUT2D eigenvalue weighted by molar-refractivity contribution is 9.10. The molecule has 0 unspecified atom stereocenters. The number of nitrogens with zero attached hydrogens (tertiary/aromatic N) is 1. The summed E-state index contributed by atoms with van der Waals surface area (Å²) in [6.07, 6.45) is 0. The second kappa shape index (κ2) is 6.18. The first-order chi connectivity index (χ1) is 9.10. The molecule has 0 saturated carbocycles. The molecule has 0 aliphatic rings. The Hall–Kier alpha value is -1.37. The summed E-state index contributed by atoms with van der Waals surface area (Å²) >= 11 is 8.90. The Balaban J connectivity index is 2.12. The predicted molar refractivity (Wildman–Crippen MR) is 75.5 cm³/mol. The Morgan fingerprint density at radius 2 is 2.21 bits per heavy atom. The van der Waals surface area contributed by atoms with Crippen LogP contribution in [0.25, 0.3) is 0 Å². The van der Waals surface area contributed by atoms with Crippen molar-refractivity contribution in [3.63, 3.8) is 0 Å². The zero-order valence-electron chi connectivity index (χ0n) is 9.66. The Kier molecular flexibility index (Phi) is 4.57. The van der Waals surface area contributed by atoms with Crippen molar-refractivity contribution in [2.75, 3.05) is 5.43 Å². The third kappa shape index (κ3) is 3.56. The molecule has 0 radical (unpaired) electrons. The van der Waals surface area contributed by atoms with Gasteiger partial charge in [0.15, 0.2) is 0 Å². The number of aromatic nitrogens is 1. The van der Waals surface area contributed by atoms with Gasteiger partial charge in [-0.25, -0.2) is 15.2 Å². The number of nitrogens with one attached hydrogen (secondary N) is 1. The van der Waals surface area contributed by atoms with E-state index in [1.165, 1.54) is 12.1 Å². The van der Waals surface area contributed by atoms with E-state index in [1.54, 1.807) is 18.2 Å². The quantitative estimate of drug-likeness (QED) is 0.505. The molecule has 0 spiro atoms. The van der Waals surface area contributed by atoms with E-state index < -0.39 is 5.82 Å². The number of rotatable bonds is 4. The number of hydrogen-bond donors (Lipinski definition) is 2. The molecule has 1 aromatic carbocycles. The highest BCUT2D eigenvalue weighted by Crippen LogP contribution is 2.30. The molecule has 19 heavy (non-hydrogen) atoms. The van der Waals surface area contributed by atoms with Crippen molar-refractivity contribution in [2.24, 2.45) is 5.84 Å². The van der Waals surface area contributed by atoms with Gasteiger partial charge in [-0.05, 0) is 34.1 Å². The van der Waals surface area contributed by atoms with Gasteiger partial charge in [0.2, 0.25) is 0 Å². The number of benzene rings is 1. The molecule has 0 fully saturated rings. The van der Waals surface area contributed by atoms with Crippen LogP contribution in [-0.4, -0.2) is 4.98 Å². The first kappa shape index (κ1) is 14.0. The highest BCUT2D eigenvalue weighted by Gasteiger charge is 2.08. The number of hydrazine groups is 1. The van der Waals surface area contributed by atoms with Crippen molar-refractivity contribution in [1.29, 1.82) is 0 Å². The standard InChI is InChI=1S/C12H10BrClFN3O/c13-8-4-9(14)10(15)5-11(8)19-6-7-2-1-3-12(17-7)18-16/h1-5H,6,16H2,(H,17,18). The summed E-state index contributed by atoms with van der Waals surface area (Å²) < 4.78 is 19.4. The van der Waals surface area contributed by atoms with E-state index in [9.17, 15) is 4.39 Å². The molecule has 0 aliphatic carbocycles. The average Bonchev–Trinajstić information content (AvgIpc) is 2.41. The van der Waals surface area contributed by atoms with E-state index in [0.29, 0.717) is 21.7 Å². The Morgan fingerprint density at radius 1 is 1.42 bits per heavy atom. The number of anilines is 1. The summed E-state index contributed by atoms with van der Waals surface area (Å²) in [6.45, 7) is 0.190. The van der Waals surface area contributed by atoms with Crippen molar-refractivity contribution in [1.82, 2.24) is 4.98 Å². The zero-order valence-corrected chi connectivity index (χ0v) is 12.0. The predicted octanol–water partition coefficient (Wildman–Crippen LogP) is 3.50. The van der Waals surface area contributed by atoms with Crippen LogP contribution in [0.1, 0.15) is 5.69 Å². The lowest BCUT2D eigenvalue weighted by Gasteiger charge is -2.09. The topological polar surface area (TPSA) is 60.2 Å². The van der Waals surface area contributed by atoms with Crippen molar-refractivity contribution in [3.8, 4) is 5.75 Å². The lowest BCUT2D eigenvalue weighted by molar-refractivity contribution is 0.298. The minimum Gasteiger partial charge on any atom is -0.486 e. The van der Waals surface area contributed by atoms with Crippen molar-refractivity contribution in [2.45, 2.75) is 6.61 Å². The third-order valence-electron chi connectivity index (χ3n) is 2.31. The van der Waals surface area contributed by atoms with Crippen LogP contribution in [0.4, 0.5) is 10.2 Å². The van der Waals surface area contributed by atoms with Gasteiger partial charge in [0, 0.05) is 6.07 Å². The van der Waals surface area contributed by atoms with Gasteiger partial charge in [-0.1, -0.05) is 17.7 Å². The summed E-state index contributed by atoms with van der Waals surface area (Å²) in [5.41, 5.74) is 3.10. The van der Waals surface area contributed by atoms with Crippen molar-refractivity contribution < 1.29 is 9.13 Å². The largest absolute Gasteiger partial charge is 0.486 e. The number of nitrogen functional groups attached to an aromatic ring is 1. The van der Waals surface area contributed by atoms with Gasteiger partial charge in [0.05, 0.1) is 15.2 Å². The molecule has 0 saturated heterocycles. The molecular weight excluding hydrogens is 337 g/mol. The third-order valence-corrected chi connectivity index (χ3v) is 3.21. The maximum atomic E-state index is 13.3. The van der Waals surface area contributed by atoms with Crippen LogP contribution < -0.4 is 16.0 Å². The molecule has 3 N–H and O–H groups in total. The fourth-order valence-corrected chi connectivity index (χ4v) is 2.16. The molecule has 4 nitrogen and oxygen atoms in total. The first-order valence-electron chi connectivity index (χ1n) is 5.30. The summed E-state index contributed by atoms with van der Waals surface area (Å²) in [4.78, 5) is 4.18. The Morgan fingerprint density at radius 3 is 2.95 bits per heavy atom. The number of halogens is 3. The van der Waals surface area contributed by atoms with Crippen LogP contribution in [0, 0.1) is 5.82 Å². The summed E-state index contributed by atoms with van der Waals surface area (Å²) in [5.74, 6) is 5.61. The van der Waals surface area contributed by atoms with Gasteiger partial charge >= 0.3 is 0 Å². The van der Waals surface area contributed by atoms with Crippen molar-refractivity contribution in [3.05, 3.63) is 51.3 Å². The smallest absolute Gasteiger partial charge is 0.145 e. The van der Waals surface area contributed by atoms with E-state index in [1.807, 2.05) is 0 Å². The fraction of sp³-hybridized carbons (Fsp3) is 0.0833. The zero-order chi connectivity index (χ0) is 13.8. The summed E-state index contributed by atoms with van der Waals surface area (Å²) in [5, 5.41) is 0.0340. The lowest BCUT2D eigenvalue weighted by atomic mass is 10.3. The monoisotopic (exact) mass is 345 g/mol. The minimum absolute atomic E-state index is 0.0340. The van der Waals surface area contributed by atoms with E-state index in [4.69, 9.17) is 22.2 Å². The van der Waals surface area contributed by atoms with Crippen LogP contribution in [0.15, 0.2) is 34.8 Å². The molecule has 2 aromatic rings. The van der Waals surface area contributed by atoms with Gasteiger partial charge in [-0.2, -0.15) is 0 Å². The maximum Gasteiger partial charge on any atom is 0.145 e. The minimum atomic E-state index is -0.537. The molecule has 0 atom stereocenters. The van der Waals surface area contributed by atoms with E-state index in [2.05, 4.69) is 26.3 Å². The van der Waals surface area contributed by atoms with Crippen LogP contribution in [-0.2, 0) is 6.61 Å². The molecule has 1 aromatic heterocycles. The normalized spacial score (nSPS) is 10.3. The van der Waals surface area contributed by atoms with Gasteiger partial charge in [0.1, 0.15) is 24.0 Å². The van der Waals surface area contributed by atoms with Crippen molar-refractivity contribution >= 4 is 33.3 Å². The van der Waals surface area contributed by atoms with Crippen LogP contribution >= 0.6 is 27.5 Å². The van der Waals surface area contributed by atoms with Gasteiger partial charge in [0.25, 0.3) is 0 Å². The van der Waals surface area contributed by atoms with Gasteiger partial charge < -0.3 is 10.2 Å². The van der Waals surface area contributed by atoms with E-state index >= 15 is 0 Å². The number of pyridine rings is 1. The number of nitrogens with two attached hydrogens (primary N) is 1. The van der Waals surface area contributed by atoms with Gasteiger partial charge in [-0.3, -0.25) is 0 Å². The fourth-order valence-electron chi connectivity index (χ4n) is 1.41. The first-order valence-corrected chi connectivity index (χ1v) is 6.47. The molecule has 1 heterocycles. The molecule has 0 bridgehead atoms. The molecule has 100 valence electrons. The molecule has 0 amide bonds. The highest BCUT2D eigenvalue weighted by atomic mass is 79.9. The molecule has 7 heteroatoms. The lowest BCUT2D eigenvalue weighted by Crippen LogP contribution is -2.09. The van der Waals surface area contributed by atoms with Crippen LogP contribution in [0.3, 0.4) is 0 Å². The summed E-state index contributed by atoms with van der Waals surface area (Å²) in [6, 6.07) is 7.95. The second-order valence-electron chi connectivity index (χ2n) is 3.64. The van der Waals surface area contributed by atoms with Crippen LogP contribution in [0.5, 0.6) is 5.75 Å². The van der Waals surface area contributed by atoms with Gasteiger partial charge in [-0.15, -0.1) is 0 Å². The van der Waals surface area contributed by atoms with E-state index in [0.717, 1.165) is 0 Å². The average molecular weight is 347 g/mol. The molecule has 0 aliphatic heterocycles. The molecular formula is C12H10BrClFN3O. The maximum absolute atomic E-state index is 13.3. The summed E-state index contributed by atoms with van der Waals surface area (Å²) in [7, 11) is 0. The molecule has 2 rings (SSSR count). The number of ether oxygens (including phenoxy) is 1. The number of hydrogen-bond acceptors (Lipinski definition) is 4. The van der Waals surface area contributed by atoms with Crippen LogP contribution in [0.2, 0.25) is 5.02 Å². The second-order valence-corrected chi connectivity index (χ2v) is 4.91. The van der Waals surface area contributed by atoms with E-state index in [-0.39, 0.29) is 11.6 Å². The Labute approximate surface area is 122 Å². The SMILES string of the molecule is NNc1cccc(COc2cc(F)c(Cl)cc2Br)n1. The Bertz CT molecular complexity index is 597.